The quantitative estimate of drug-likeness (QED) is 0.471. The summed E-state index contributed by atoms with van der Waals surface area (Å²) < 4.78 is 12.8. The summed E-state index contributed by atoms with van der Waals surface area (Å²) in [6.45, 7) is 0. The van der Waals surface area contributed by atoms with Crippen molar-refractivity contribution >= 4 is 5.96 Å². The number of guanidine groups is 1. The fourth-order valence-electron chi connectivity index (χ4n) is 1.46. The molecule has 2 rings (SSSR count). The van der Waals surface area contributed by atoms with Gasteiger partial charge in [-0.05, 0) is 30.5 Å². The van der Waals surface area contributed by atoms with Crippen molar-refractivity contribution in [3.63, 3.8) is 0 Å². The monoisotopic (exact) mass is 231 g/mol. The summed E-state index contributed by atoms with van der Waals surface area (Å²) in [6.07, 6.45) is 7.59. The van der Waals surface area contributed by atoms with E-state index in [9.17, 15) is 4.39 Å². The first kappa shape index (κ1) is 11.5. The average molecular weight is 231 g/mol. The lowest BCUT2D eigenvalue weighted by molar-refractivity contribution is 0.626. The van der Waals surface area contributed by atoms with Crippen LogP contribution < -0.4 is 11.1 Å². The van der Waals surface area contributed by atoms with Gasteiger partial charge in [0.2, 0.25) is 0 Å². The van der Waals surface area contributed by atoms with Crippen molar-refractivity contribution in [1.82, 2.24) is 5.32 Å². The summed E-state index contributed by atoms with van der Waals surface area (Å²) in [6, 6.07) is 5.98. The van der Waals surface area contributed by atoms with Gasteiger partial charge in [0.1, 0.15) is 11.9 Å². The van der Waals surface area contributed by atoms with Gasteiger partial charge in [-0.2, -0.15) is 0 Å². The zero-order chi connectivity index (χ0) is 12.3. The minimum atomic E-state index is -0.377. The third-order valence-electron chi connectivity index (χ3n) is 2.53. The molecule has 0 amide bonds. The molecule has 1 aromatic rings. The maximum Gasteiger partial charge on any atom is 0.190 e. The van der Waals surface area contributed by atoms with E-state index in [4.69, 9.17) is 12.2 Å². The summed E-state index contributed by atoms with van der Waals surface area (Å²) in [5.74, 6) is 2.63. The van der Waals surface area contributed by atoms with Crippen LogP contribution in [0.15, 0.2) is 29.3 Å². The van der Waals surface area contributed by atoms with E-state index < -0.39 is 0 Å². The Balaban J connectivity index is 2.06. The number of rotatable bonds is 3. The first-order valence-electron chi connectivity index (χ1n) is 5.50. The van der Waals surface area contributed by atoms with Crippen molar-refractivity contribution in [2.24, 2.45) is 10.7 Å². The highest BCUT2D eigenvalue weighted by Crippen LogP contribution is 2.23. The molecule has 0 heterocycles. The van der Waals surface area contributed by atoms with E-state index in [1.165, 1.54) is 12.1 Å². The van der Waals surface area contributed by atoms with E-state index in [2.05, 4.69) is 16.2 Å². The zero-order valence-electron chi connectivity index (χ0n) is 9.36. The molecule has 1 aromatic carbocycles. The maximum atomic E-state index is 12.8. The SMILES string of the molecule is C#CC(NC(N)=NC1CC1)c1ccc(F)cc1. The van der Waals surface area contributed by atoms with Gasteiger partial charge in [-0.3, -0.25) is 4.99 Å². The van der Waals surface area contributed by atoms with E-state index in [-0.39, 0.29) is 11.9 Å². The molecule has 17 heavy (non-hydrogen) atoms. The van der Waals surface area contributed by atoms with Crippen molar-refractivity contribution in [2.45, 2.75) is 24.9 Å². The van der Waals surface area contributed by atoms with Crippen molar-refractivity contribution in [2.75, 3.05) is 0 Å². The molecule has 1 atom stereocenters. The van der Waals surface area contributed by atoms with Crippen LogP contribution in [0.5, 0.6) is 0 Å². The molecule has 1 unspecified atom stereocenters. The number of nitrogens with two attached hydrogens (primary N) is 1. The lowest BCUT2D eigenvalue weighted by Gasteiger charge is -2.13. The number of aliphatic imine (C=N–C) groups is 1. The van der Waals surface area contributed by atoms with Crippen molar-refractivity contribution in [1.29, 1.82) is 0 Å². The van der Waals surface area contributed by atoms with Crippen molar-refractivity contribution in [3.8, 4) is 12.3 Å². The number of benzene rings is 1. The molecule has 0 radical (unpaired) electrons. The second-order valence-electron chi connectivity index (χ2n) is 4.04. The number of hydrogen-bond donors (Lipinski definition) is 2. The van der Waals surface area contributed by atoms with Gasteiger partial charge in [0.05, 0.1) is 6.04 Å². The molecule has 1 fully saturated rings. The van der Waals surface area contributed by atoms with Crippen LogP contribution in [0.3, 0.4) is 0 Å². The lowest BCUT2D eigenvalue weighted by atomic mass is 10.1. The summed E-state index contributed by atoms with van der Waals surface area (Å²) in [7, 11) is 0. The Hall–Kier alpha value is -2.02. The summed E-state index contributed by atoms with van der Waals surface area (Å²) in [4.78, 5) is 4.23. The van der Waals surface area contributed by atoms with E-state index >= 15 is 0 Å². The second-order valence-corrected chi connectivity index (χ2v) is 4.04. The summed E-state index contributed by atoms with van der Waals surface area (Å²) in [5.41, 5.74) is 6.52. The van der Waals surface area contributed by atoms with Gasteiger partial charge >= 0.3 is 0 Å². The topological polar surface area (TPSA) is 50.4 Å². The number of hydrogen-bond acceptors (Lipinski definition) is 1. The molecule has 0 aliphatic heterocycles. The smallest absolute Gasteiger partial charge is 0.190 e. The number of nitrogens with zero attached hydrogens (tertiary/aromatic N) is 1. The van der Waals surface area contributed by atoms with Crippen molar-refractivity contribution < 1.29 is 4.39 Å². The van der Waals surface area contributed by atoms with Crippen molar-refractivity contribution in [3.05, 3.63) is 35.6 Å². The normalized spacial score (nSPS) is 17.3. The molecule has 1 saturated carbocycles. The molecule has 4 heteroatoms. The van der Waals surface area contributed by atoms with E-state index in [1.807, 2.05) is 0 Å². The van der Waals surface area contributed by atoms with Crippen LogP contribution in [0.1, 0.15) is 24.4 Å². The van der Waals surface area contributed by atoms with E-state index in [1.54, 1.807) is 12.1 Å². The first-order valence-corrected chi connectivity index (χ1v) is 5.50. The summed E-state index contributed by atoms with van der Waals surface area (Å²) in [5, 5.41) is 2.94. The Kier molecular flexibility index (Phi) is 3.29. The Bertz CT molecular complexity index is 455. The minimum Gasteiger partial charge on any atom is -0.370 e. The largest absolute Gasteiger partial charge is 0.370 e. The van der Waals surface area contributed by atoms with E-state index in [0.717, 1.165) is 18.4 Å². The lowest BCUT2D eigenvalue weighted by Crippen LogP contribution is -2.34. The molecular formula is C13H14FN3. The standard InChI is InChI=1S/C13H14FN3/c1-2-12(9-3-5-10(14)6-4-9)17-13(15)16-11-7-8-11/h1,3-6,11-12H,7-8H2,(H3,15,16,17). The molecule has 3 nitrogen and oxygen atoms in total. The Morgan fingerprint density at radius 3 is 2.65 bits per heavy atom. The van der Waals surface area contributed by atoms with Crippen LogP contribution in [0.4, 0.5) is 4.39 Å². The molecule has 0 aromatic heterocycles. The van der Waals surface area contributed by atoms with Crippen LogP contribution in [0, 0.1) is 18.2 Å². The Labute approximate surface area is 99.9 Å². The number of nitrogens with one attached hydrogen (secondary N) is 1. The van der Waals surface area contributed by atoms with Crippen LogP contribution in [-0.4, -0.2) is 12.0 Å². The predicted molar refractivity (Wildman–Crippen MR) is 65.8 cm³/mol. The molecule has 3 N–H and O–H groups in total. The van der Waals surface area contributed by atoms with Crippen LogP contribution in [0.25, 0.3) is 0 Å². The molecular weight excluding hydrogens is 217 g/mol. The number of halogens is 1. The van der Waals surface area contributed by atoms with Crippen LogP contribution in [0.2, 0.25) is 0 Å². The van der Waals surface area contributed by atoms with E-state index in [0.29, 0.717) is 12.0 Å². The first-order chi connectivity index (χ1) is 8.19. The molecule has 0 saturated heterocycles. The van der Waals surface area contributed by atoms with Gasteiger partial charge in [-0.15, -0.1) is 6.42 Å². The Morgan fingerprint density at radius 1 is 1.47 bits per heavy atom. The molecule has 1 aliphatic rings. The Morgan fingerprint density at radius 2 is 2.12 bits per heavy atom. The minimum absolute atomic E-state index is 0.288. The van der Waals surface area contributed by atoms with Crippen LogP contribution in [-0.2, 0) is 0 Å². The third kappa shape index (κ3) is 3.22. The highest BCUT2D eigenvalue weighted by Gasteiger charge is 2.21. The van der Waals surface area contributed by atoms with Gasteiger partial charge in [-0.1, -0.05) is 18.1 Å². The second kappa shape index (κ2) is 4.88. The van der Waals surface area contributed by atoms with Gasteiger partial charge in [0, 0.05) is 0 Å². The highest BCUT2D eigenvalue weighted by molar-refractivity contribution is 5.79. The fraction of sp³-hybridized carbons (Fsp3) is 0.308. The van der Waals surface area contributed by atoms with Gasteiger partial charge in [0.15, 0.2) is 5.96 Å². The molecule has 0 bridgehead atoms. The number of terminal acetylenes is 1. The summed E-state index contributed by atoms with van der Waals surface area (Å²) >= 11 is 0. The van der Waals surface area contributed by atoms with Crippen LogP contribution >= 0.6 is 0 Å². The van der Waals surface area contributed by atoms with Gasteiger partial charge < -0.3 is 11.1 Å². The molecule has 1 aliphatic carbocycles. The van der Waals surface area contributed by atoms with Gasteiger partial charge in [0.25, 0.3) is 0 Å². The highest BCUT2D eigenvalue weighted by atomic mass is 19.1. The average Bonchev–Trinajstić information content (AvgIpc) is 3.11. The van der Waals surface area contributed by atoms with Gasteiger partial charge in [-0.25, -0.2) is 4.39 Å². The molecule has 0 spiro atoms. The fourth-order valence-corrected chi connectivity index (χ4v) is 1.46. The zero-order valence-corrected chi connectivity index (χ0v) is 9.36. The predicted octanol–water partition coefficient (Wildman–Crippen LogP) is 1.57. The molecule has 88 valence electrons. The maximum absolute atomic E-state index is 12.8. The third-order valence-corrected chi connectivity index (χ3v) is 2.53.